The van der Waals surface area contributed by atoms with Crippen LogP contribution in [0.15, 0.2) is 41.2 Å². The predicted octanol–water partition coefficient (Wildman–Crippen LogP) is 4.42. The first-order chi connectivity index (χ1) is 14.9. The Hall–Kier alpha value is -3.13. The minimum atomic E-state index is -0.809. The van der Waals surface area contributed by atoms with Crippen LogP contribution in [0.5, 0.6) is 5.75 Å². The molecule has 0 aliphatic heterocycles. The van der Waals surface area contributed by atoms with Gasteiger partial charge in [-0.1, -0.05) is 19.1 Å². The molecule has 164 valence electrons. The Morgan fingerprint density at radius 1 is 1.10 bits per heavy atom. The maximum Gasteiger partial charge on any atom is 0.257 e. The standard InChI is InChI=1S/C23H23F3N2O3/c1-4-17-14(2)27-22(20-18(25)8-9-19(26)21(20)31-13-30-3)28(23(17)29)11-10-15-6-5-7-16(24)12-15/h5-9,12H,4,10-11,13H2,1-3H3. The molecule has 0 radical (unpaired) electrons. The van der Waals surface area contributed by atoms with E-state index in [0.29, 0.717) is 29.7 Å². The van der Waals surface area contributed by atoms with Crippen LogP contribution in [0, 0.1) is 24.4 Å². The summed E-state index contributed by atoms with van der Waals surface area (Å²) in [5, 5.41) is 0. The quantitative estimate of drug-likeness (QED) is 0.495. The van der Waals surface area contributed by atoms with Crippen molar-refractivity contribution in [3.8, 4) is 17.1 Å². The second kappa shape index (κ2) is 9.78. The van der Waals surface area contributed by atoms with Gasteiger partial charge in [-0.15, -0.1) is 0 Å². The van der Waals surface area contributed by atoms with Crippen molar-refractivity contribution in [2.45, 2.75) is 33.2 Å². The third-order valence-corrected chi connectivity index (χ3v) is 4.94. The predicted molar refractivity (Wildman–Crippen MR) is 111 cm³/mol. The van der Waals surface area contributed by atoms with Gasteiger partial charge in [0.1, 0.15) is 17.5 Å². The lowest BCUT2D eigenvalue weighted by atomic mass is 10.1. The number of methoxy groups -OCH3 is 1. The van der Waals surface area contributed by atoms with Crippen molar-refractivity contribution >= 4 is 0 Å². The molecular weight excluding hydrogens is 409 g/mol. The van der Waals surface area contributed by atoms with Gasteiger partial charge in [0, 0.05) is 24.9 Å². The van der Waals surface area contributed by atoms with E-state index < -0.39 is 23.2 Å². The zero-order valence-electron chi connectivity index (χ0n) is 17.5. The second-order valence-electron chi connectivity index (χ2n) is 6.97. The van der Waals surface area contributed by atoms with Crippen molar-refractivity contribution in [2.75, 3.05) is 13.9 Å². The Kier molecular flexibility index (Phi) is 7.12. The van der Waals surface area contributed by atoms with E-state index in [1.54, 1.807) is 19.1 Å². The largest absolute Gasteiger partial charge is 0.464 e. The number of aromatic nitrogens is 2. The minimum absolute atomic E-state index is 0.0563. The molecular formula is C23H23F3N2O3. The fourth-order valence-electron chi connectivity index (χ4n) is 3.44. The highest BCUT2D eigenvalue weighted by molar-refractivity contribution is 5.66. The fourth-order valence-corrected chi connectivity index (χ4v) is 3.44. The van der Waals surface area contributed by atoms with Crippen LogP contribution in [-0.2, 0) is 24.1 Å². The average molecular weight is 432 g/mol. The summed E-state index contributed by atoms with van der Waals surface area (Å²) in [6.07, 6.45) is 0.723. The molecule has 1 heterocycles. The third-order valence-electron chi connectivity index (χ3n) is 4.94. The van der Waals surface area contributed by atoms with Crippen molar-refractivity contribution in [2.24, 2.45) is 0 Å². The number of ether oxygens (including phenoxy) is 2. The summed E-state index contributed by atoms with van der Waals surface area (Å²) in [7, 11) is 1.35. The molecule has 0 bridgehead atoms. The lowest BCUT2D eigenvalue weighted by Gasteiger charge is -2.18. The Balaban J connectivity index is 2.19. The molecule has 3 rings (SSSR count). The van der Waals surface area contributed by atoms with Crippen LogP contribution in [-0.4, -0.2) is 23.5 Å². The number of benzene rings is 2. The third kappa shape index (κ3) is 4.80. The summed E-state index contributed by atoms with van der Waals surface area (Å²) < 4.78 is 54.3. The van der Waals surface area contributed by atoms with Crippen LogP contribution in [0.1, 0.15) is 23.7 Å². The van der Waals surface area contributed by atoms with Crippen LogP contribution in [0.25, 0.3) is 11.4 Å². The molecule has 0 aliphatic carbocycles. The molecule has 31 heavy (non-hydrogen) atoms. The first-order valence-corrected chi connectivity index (χ1v) is 9.82. The smallest absolute Gasteiger partial charge is 0.257 e. The molecule has 0 saturated heterocycles. The topological polar surface area (TPSA) is 53.4 Å². The van der Waals surface area contributed by atoms with Gasteiger partial charge in [0.15, 0.2) is 18.4 Å². The van der Waals surface area contributed by atoms with E-state index in [0.717, 1.165) is 12.1 Å². The molecule has 0 atom stereocenters. The summed E-state index contributed by atoms with van der Waals surface area (Å²) in [6, 6.07) is 7.88. The van der Waals surface area contributed by atoms with Crippen LogP contribution >= 0.6 is 0 Å². The average Bonchev–Trinajstić information content (AvgIpc) is 2.73. The van der Waals surface area contributed by atoms with Crippen LogP contribution in [0.4, 0.5) is 13.2 Å². The van der Waals surface area contributed by atoms with E-state index in [2.05, 4.69) is 4.98 Å². The minimum Gasteiger partial charge on any atom is -0.464 e. The van der Waals surface area contributed by atoms with E-state index in [1.165, 1.54) is 23.8 Å². The molecule has 5 nitrogen and oxygen atoms in total. The Morgan fingerprint density at radius 2 is 1.84 bits per heavy atom. The molecule has 0 N–H and O–H groups in total. The Bertz CT molecular complexity index is 1150. The van der Waals surface area contributed by atoms with Gasteiger partial charge in [-0.05, 0) is 49.6 Å². The van der Waals surface area contributed by atoms with Crippen LogP contribution < -0.4 is 10.3 Å². The van der Waals surface area contributed by atoms with Crippen molar-refractivity contribution < 1.29 is 22.6 Å². The molecule has 0 unspecified atom stereocenters. The van der Waals surface area contributed by atoms with E-state index in [4.69, 9.17) is 9.47 Å². The summed E-state index contributed by atoms with van der Waals surface area (Å²) in [6.45, 7) is 3.25. The van der Waals surface area contributed by atoms with Gasteiger partial charge in [-0.2, -0.15) is 0 Å². The van der Waals surface area contributed by atoms with Crippen molar-refractivity contribution in [1.82, 2.24) is 9.55 Å². The van der Waals surface area contributed by atoms with Gasteiger partial charge >= 0.3 is 0 Å². The van der Waals surface area contributed by atoms with Gasteiger partial charge in [0.25, 0.3) is 5.56 Å². The maximum absolute atomic E-state index is 14.9. The number of rotatable bonds is 8. The monoisotopic (exact) mass is 432 g/mol. The van der Waals surface area contributed by atoms with Crippen LogP contribution in [0.2, 0.25) is 0 Å². The van der Waals surface area contributed by atoms with Crippen molar-refractivity contribution in [3.63, 3.8) is 0 Å². The first-order valence-electron chi connectivity index (χ1n) is 9.82. The highest BCUT2D eigenvalue weighted by atomic mass is 19.1. The Morgan fingerprint density at radius 3 is 2.52 bits per heavy atom. The van der Waals surface area contributed by atoms with Gasteiger partial charge < -0.3 is 9.47 Å². The summed E-state index contributed by atoms with van der Waals surface area (Å²) in [4.78, 5) is 17.6. The highest BCUT2D eigenvalue weighted by Gasteiger charge is 2.24. The fraction of sp³-hybridized carbons (Fsp3) is 0.304. The van der Waals surface area contributed by atoms with Crippen molar-refractivity contribution in [3.05, 3.63) is 81.0 Å². The van der Waals surface area contributed by atoms with Gasteiger partial charge in [-0.3, -0.25) is 9.36 Å². The number of aryl methyl sites for hydroxylation is 2. The molecule has 0 aliphatic rings. The molecule has 1 aromatic heterocycles. The summed E-state index contributed by atoms with van der Waals surface area (Å²) in [5.41, 5.74) is 0.930. The Labute approximate surface area is 178 Å². The molecule has 0 spiro atoms. The molecule has 0 saturated carbocycles. The highest BCUT2D eigenvalue weighted by Crippen LogP contribution is 2.34. The number of nitrogens with zero attached hydrogens (tertiary/aromatic N) is 2. The molecule has 8 heteroatoms. The van der Waals surface area contributed by atoms with Crippen LogP contribution in [0.3, 0.4) is 0 Å². The van der Waals surface area contributed by atoms with E-state index in [9.17, 15) is 18.0 Å². The lowest BCUT2D eigenvalue weighted by molar-refractivity contribution is 0.0484. The van der Waals surface area contributed by atoms with E-state index in [-0.39, 0.29) is 30.3 Å². The number of hydrogen-bond donors (Lipinski definition) is 0. The van der Waals surface area contributed by atoms with Gasteiger partial charge in [-0.25, -0.2) is 18.2 Å². The first kappa shape index (κ1) is 22.6. The number of halogens is 3. The van der Waals surface area contributed by atoms with E-state index >= 15 is 0 Å². The summed E-state index contributed by atoms with van der Waals surface area (Å²) >= 11 is 0. The normalized spacial score (nSPS) is 11.0. The summed E-state index contributed by atoms with van der Waals surface area (Å²) in [5.74, 6) is -2.44. The molecule has 0 fully saturated rings. The molecule has 3 aromatic rings. The maximum atomic E-state index is 14.9. The van der Waals surface area contributed by atoms with E-state index in [1.807, 2.05) is 6.92 Å². The zero-order valence-corrected chi connectivity index (χ0v) is 17.5. The SMILES string of the molecule is CCc1c(C)nc(-c2c(F)ccc(F)c2OCOC)n(CCc2cccc(F)c2)c1=O. The van der Waals surface area contributed by atoms with Gasteiger partial charge in [0.2, 0.25) is 0 Å². The second-order valence-corrected chi connectivity index (χ2v) is 6.97. The molecule has 0 amide bonds. The number of hydrogen-bond acceptors (Lipinski definition) is 4. The lowest BCUT2D eigenvalue weighted by Crippen LogP contribution is -2.29. The van der Waals surface area contributed by atoms with Gasteiger partial charge in [0.05, 0.1) is 5.56 Å². The molecule has 2 aromatic carbocycles. The zero-order chi connectivity index (χ0) is 22.5. The van der Waals surface area contributed by atoms with Crippen molar-refractivity contribution in [1.29, 1.82) is 0 Å².